The van der Waals surface area contributed by atoms with E-state index in [1.54, 1.807) is 4.68 Å². The molecule has 1 fully saturated rings. The van der Waals surface area contributed by atoms with Gasteiger partial charge in [-0.15, -0.1) is 0 Å². The van der Waals surface area contributed by atoms with E-state index in [2.05, 4.69) is 5.10 Å². The number of halogens is 2. The summed E-state index contributed by atoms with van der Waals surface area (Å²) >= 11 is 0. The Morgan fingerprint density at radius 2 is 2.17 bits per heavy atom. The number of anilines is 1. The van der Waals surface area contributed by atoms with Crippen molar-refractivity contribution in [3.63, 3.8) is 0 Å². The molecule has 1 aliphatic rings. The van der Waals surface area contributed by atoms with E-state index in [4.69, 9.17) is 10.8 Å². The van der Waals surface area contributed by atoms with Crippen LogP contribution < -0.4 is 5.73 Å². The number of hydrogen-bond donors (Lipinski definition) is 2. The average Bonchev–Trinajstić information content (AvgIpc) is 2.88. The molecule has 0 aliphatic heterocycles. The third-order valence-electron chi connectivity index (χ3n) is 4.78. The molecule has 124 valence electrons. The molecule has 5 nitrogen and oxygen atoms in total. The number of alkyl halides is 2. The zero-order chi connectivity index (χ0) is 16.7. The highest BCUT2D eigenvalue weighted by molar-refractivity contribution is 5.83. The lowest BCUT2D eigenvalue weighted by Gasteiger charge is -2.32. The minimum Gasteiger partial charge on any atom is -0.481 e. The summed E-state index contributed by atoms with van der Waals surface area (Å²) in [5.41, 5.74) is 6.02. The number of nitrogens with zero attached hydrogens (tertiary/aromatic N) is 2. The first-order valence-corrected chi connectivity index (χ1v) is 7.66. The summed E-state index contributed by atoms with van der Waals surface area (Å²) in [6.07, 6.45) is 1.09. The van der Waals surface area contributed by atoms with Gasteiger partial charge in [0.1, 0.15) is 0 Å². The Morgan fingerprint density at radius 1 is 1.43 bits per heavy atom. The molecular formula is C16H19F2N3O2. The predicted molar refractivity (Wildman–Crippen MR) is 82.3 cm³/mol. The van der Waals surface area contributed by atoms with Crippen molar-refractivity contribution in [2.24, 2.45) is 11.8 Å². The van der Waals surface area contributed by atoms with E-state index < -0.39 is 12.4 Å². The van der Waals surface area contributed by atoms with Gasteiger partial charge in [-0.25, -0.2) is 8.78 Å². The Bertz CT molecular complexity index is 744. The quantitative estimate of drug-likeness (QED) is 0.845. The molecule has 23 heavy (non-hydrogen) atoms. The third kappa shape index (κ3) is 2.87. The van der Waals surface area contributed by atoms with Crippen LogP contribution in [0.15, 0.2) is 18.3 Å². The van der Waals surface area contributed by atoms with Gasteiger partial charge < -0.3 is 10.8 Å². The monoisotopic (exact) mass is 323 g/mol. The molecule has 2 aromatic rings. The summed E-state index contributed by atoms with van der Waals surface area (Å²) in [6, 6.07) is 2.93. The highest BCUT2D eigenvalue weighted by Crippen LogP contribution is 2.38. The first-order chi connectivity index (χ1) is 10.9. The Kier molecular flexibility index (Phi) is 3.95. The fraction of sp³-hybridized carbons (Fsp3) is 0.500. The van der Waals surface area contributed by atoms with Crippen LogP contribution in [0, 0.1) is 11.8 Å². The summed E-state index contributed by atoms with van der Waals surface area (Å²) in [5.74, 6) is -0.909. The van der Waals surface area contributed by atoms with Crippen LogP contribution in [0.1, 0.15) is 44.2 Å². The van der Waals surface area contributed by atoms with Gasteiger partial charge in [0.15, 0.2) is 0 Å². The molecule has 1 saturated carbocycles. The van der Waals surface area contributed by atoms with E-state index in [1.165, 1.54) is 12.1 Å². The van der Waals surface area contributed by atoms with Crippen molar-refractivity contribution in [1.82, 2.24) is 9.78 Å². The molecule has 0 saturated heterocycles. The lowest BCUT2D eigenvalue weighted by molar-refractivity contribution is -0.143. The number of rotatable bonds is 3. The Labute approximate surface area is 132 Å². The van der Waals surface area contributed by atoms with Crippen LogP contribution in [0.4, 0.5) is 14.5 Å². The van der Waals surface area contributed by atoms with Gasteiger partial charge >= 0.3 is 5.97 Å². The van der Waals surface area contributed by atoms with E-state index in [1.807, 2.05) is 13.1 Å². The van der Waals surface area contributed by atoms with E-state index in [0.29, 0.717) is 24.8 Å². The van der Waals surface area contributed by atoms with Crippen LogP contribution in [0.3, 0.4) is 0 Å². The molecule has 1 aromatic carbocycles. The number of benzene rings is 1. The maximum Gasteiger partial charge on any atom is 0.306 e. The minimum atomic E-state index is -2.63. The van der Waals surface area contributed by atoms with Crippen LogP contribution in [0.2, 0.25) is 0 Å². The zero-order valence-electron chi connectivity index (χ0n) is 12.7. The molecule has 7 heteroatoms. The zero-order valence-corrected chi connectivity index (χ0v) is 12.7. The summed E-state index contributed by atoms with van der Waals surface area (Å²) in [7, 11) is 0. The van der Waals surface area contributed by atoms with Crippen LogP contribution in [0.25, 0.3) is 10.9 Å². The molecule has 1 aromatic heterocycles. The molecular weight excluding hydrogens is 304 g/mol. The number of nitrogens with two attached hydrogens (primary N) is 1. The van der Waals surface area contributed by atoms with Gasteiger partial charge in [0.2, 0.25) is 0 Å². The predicted octanol–water partition coefficient (Wildman–Crippen LogP) is 3.62. The summed E-state index contributed by atoms with van der Waals surface area (Å²) in [4.78, 5) is 11.1. The lowest BCUT2D eigenvalue weighted by atomic mass is 9.79. The van der Waals surface area contributed by atoms with Crippen LogP contribution in [-0.4, -0.2) is 20.9 Å². The van der Waals surface area contributed by atoms with Crippen molar-refractivity contribution in [3.05, 3.63) is 23.9 Å². The number of fused-ring (bicyclic) bond motifs is 1. The van der Waals surface area contributed by atoms with Crippen molar-refractivity contribution in [1.29, 1.82) is 0 Å². The molecule has 3 rings (SSSR count). The highest BCUT2D eigenvalue weighted by Gasteiger charge is 2.32. The summed E-state index contributed by atoms with van der Waals surface area (Å²) in [6.45, 7) is 2.01. The summed E-state index contributed by atoms with van der Waals surface area (Å²) < 4.78 is 27.6. The van der Waals surface area contributed by atoms with Crippen molar-refractivity contribution < 1.29 is 18.7 Å². The minimum absolute atomic E-state index is 0.0645. The second kappa shape index (κ2) is 5.79. The van der Waals surface area contributed by atoms with Crippen LogP contribution >= 0.6 is 0 Å². The van der Waals surface area contributed by atoms with Gasteiger partial charge in [-0.05, 0) is 37.3 Å². The third-order valence-corrected chi connectivity index (χ3v) is 4.78. The molecule has 0 unspecified atom stereocenters. The van der Waals surface area contributed by atoms with Gasteiger partial charge in [-0.1, -0.05) is 6.92 Å². The number of aromatic nitrogens is 2. The van der Waals surface area contributed by atoms with Crippen molar-refractivity contribution in [2.45, 2.75) is 38.7 Å². The molecule has 0 radical (unpaired) electrons. The number of hydrogen-bond acceptors (Lipinski definition) is 3. The standard InChI is InChI=1S/C16H19F2N3O2/c1-8-4-9(16(22)23)2-3-14(8)21-7-10-5-12(19)11(15(17)18)6-13(10)20-21/h5-9,14-15H,2-4,19H2,1H3,(H,22,23)/t8-,9-,14-/m1/s1. The SMILES string of the molecule is C[C@@H]1C[C@H](C(=O)O)CC[C@H]1n1cc2cc(N)c(C(F)F)cc2n1. The molecule has 1 heterocycles. The fourth-order valence-electron chi connectivity index (χ4n) is 3.48. The second-order valence-corrected chi connectivity index (χ2v) is 6.34. The first-order valence-electron chi connectivity index (χ1n) is 7.66. The van der Waals surface area contributed by atoms with Gasteiger partial charge in [-0.3, -0.25) is 9.48 Å². The molecule has 0 spiro atoms. The summed E-state index contributed by atoms with van der Waals surface area (Å²) in [5, 5.41) is 14.3. The van der Waals surface area contributed by atoms with Crippen LogP contribution in [-0.2, 0) is 4.79 Å². The van der Waals surface area contributed by atoms with E-state index in [9.17, 15) is 13.6 Å². The maximum absolute atomic E-state index is 12.9. The van der Waals surface area contributed by atoms with Gasteiger partial charge in [0.05, 0.1) is 17.5 Å². The van der Waals surface area contributed by atoms with Crippen molar-refractivity contribution in [2.75, 3.05) is 5.73 Å². The number of aliphatic carboxylic acids is 1. The van der Waals surface area contributed by atoms with E-state index in [0.717, 1.165) is 5.39 Å². The largest absolute Gasteiger partial charge is 0.481 e. The molecule has 3 atom stereocenters. The number of carboxylic acids is 1. The van der Waals surface area contributed by atoms with Crippen molar-refractivity contribution in [3.8, 4) is 0 Å². The van der Waals surface area contributed by atoms with Gasteiger partial charge in [0.25, 0.3) is 6.43 Å². The lowest BCUT2D eigenvalue weighted by Crippen LogP contribution is -2.29. The number of carbonyl (C=O) groups is 1. The Balaban J connectivity index is 1.90. The number of nitrogen functional groups attached to an aromatic ring is 1. The average molecular weight is 323 g/mol. The molecule has 3 N–H and O–H groups in total. The fourth-order valence-corrected chi connectivity index (χ4v) is 3.48. The van der Waals surface area contributed by atoms with Crippen LogP contribution in [0.5, 0.6) is 0 Å². The highest BCUT2D eigenvalue weighted by atomic mass is 19.3. The molecule has 1 aliphatic carbocycles. The Hall–Kier alpha value is -2.18. The Morgan fingerprint density at radius 3 is 2.78 bits per heavy atom. The topological polar surface area (TPSA) is 81.1 Å². The van der Waals surface area contributed by atoms with E-state index >= 15 is 0 Å². The normalized spacial score (nSPS) is 25.1. The smallest absolute Gasteiger partial charge is 0.306 e. The molecule has 0 amide bonds. The van der Waals surface area contributed by atoms with Gasteiger partial charge in [-0.2, -0.15) is 5.10 Å². The van der Waals surface area contributed by atoms with Crippen molar-refractivity contribution >= 4 is 22.6 Å². The molecule has 0 bridgehead atoms. The van der Waals surface area contributed by atoms with E-state index in [-0.39, 0.29) is 29.1 Å². The number of carboxylic acid groups (broad SMARTS) is 1. The van der Waals surface area contributed by atoms with Gasteiger partial charge in [0, 0.05) is 22.8 Å². The first kappa shape index (κ1) is 15.7. The maximum atomic E-state index is 12.9. The second-order valence-electron chi connectivity index (χ2n) is 6.34.